The maximum absolute atomic E-state index is 12.3. The van der Waals surface area contributed by atoms with Gasteiger partial charge in [-0.1, -0.05) is 12.1 Å². The molecule has 0 bridgehead atoms. The van der Waals surface area contributed by atoms with Gasteiger partial charge < -0.3 is 14.2 Å². The van der Waals surface area contributed by atoms with Gasteiger partial charge in [0.05, 0.1) is 44.1 Å². The number of hydrogen-bond donors (Lipinski definition) is 0. The Kier molecular flexibility index (Phi) is 5.64. The van der Waals surface area contributed by atoms with Crippen LogP contribution >= 0.6 is 0 Å². The molecule has 1 aromatic heterocycles. The van der Waals surface area contributed by atoms with Crippen molar-refractivity contribution in [3.63, 3.8) is 0 Å². The second-order valence-electron chi connectivity index (χ2n) is 5.40. The van der Waals surface area contributed by atoms with E-state index in [-0.39, 0.29) is 5.56 Å². The SMILES string of the molecule is COc1ccc(OCCOCCn2cnc3ccccc3c2=O)cc1. The van der Waals surface area contributed by atoms with Crippen molar-refractivity contribution < 1.29 is 14.2 Å². The minimum Gasteiger partial charge on any atom is -0.497 e. The Bertz CT molecular complexity index is 874. The number of benzene rings is 2. The van der Waals surface area contributed by atoms with Crippen LogP contribution < -0.4 is 15.0 Å². The van der Waals surface area contributed by atoms with Gasteiger partial charge in [-0.05, 0) is 36.4 Å². The smallest absolute Gasteiger partial charge is 0.261 e. The van der Waals surface area contributed by atoms with Crippen molar-refractivity contribution in [3.05, 3.63) is 65.2 Å². The third-order valence-corrected chi connectivity index (χ3v) is 3.76. The van der Waals surface area contributed by atoms with Crippen LogP contribution in [0.2, 0.25) is 0 Å². The summed E-state index contributed by atoms with van der Waals surface area (Å²) in [5.41, 5.74) is 0.654. The molecule has 0 aliphatic rings. The molecular weight excluding hydrogens is 320 g/mol. The van der Waals surface area contributed by atoms with Gasteiger partial charge >= 0.3 is 0 Å². The molecule has 0 spiro atoms. The van der Waals surface area contributed by atoms with E-state index in [0.717, 1.165) is 11.5 Å². The molecule has 0 unspecified atom stereocenters. The monoisotopic (exact) mass is 340 g/mol. The number of nitrogens with zero attached hydrogens (tertiary/aromatic N) is 2. The third kappa shape index (κ3) is 4.36. The molecule has 25 heavy (non-hydrogen) atoms. The van der Waals surface area contributed by atoms with E-state index in [2.05, 4.69) is 4.98 Å². The average Bonchev–Trinajstić information content (AvgIpc) is 2.67. The van der Waals surface area contributed by atoms with E-state index in [0.29, 0.717) is 37.3 Å². The second-order valence-corrected chi connectivity index (χ2v) is 5.40. The van der Waals surface area contributed by atoms with Gasteiger partial charge in [0.25, 0.3) is 5.56 Å². The van der Waals surface area contributed by atoms with Crippen LogP contribution in [-0.2, 0) is 11.3 Å². The van der Waals surface area contributed by atoms with Gasteiger partial charge in [-0.25, -0.2) is 4.98 Å². The maximum Gasteiger partial charge on any atom is 0.261 e. The van der Waals surface area contributed by atoms with Crippen LogP contribution in [0, 0.1) is 0 Å². The van der Waals surface area contributed by atoms with Gasteiger partial charge in [-0.15, -0.1) is 0 Å². The number of ether oxygens (including phenoxy) is 3. The molecule has 0 aliphatic carbocycles. The predicted octanol–water partition coefficient (Wildman–Crippen LogP) is 2.50. The lowest BCUT2D eigenvalue weighted by Crippen LogP contribution is -2.23. The second kappa shape index (κ2) is 8.30. The summed E-state index contributed by atoms with van der Waals surface area (Å²) in [6, 6.07) is 14.7. The number of rotatable bonds is 8. The summed E-state index contributed by atoms with van der Waals surface area (Å²) >= 11 is 0. The molecule has 0 fully saturated rings. The predicted molar refractivity (Wildman–Crippen MR) is 95.3 cm³/mol. The van der Waals surface area contributed by atoms with Gasteiger partial charge in [0.1, 0.15) is 18.1 Å². The normalized spacial score (nSPS) is 10.8. The standard InChI is InChI=1S/C19H20N2O4/c1-23-15-6-8-16(9-7-15)25-13-12-24-11-10-21-14-20-18-5-3-2-4-17(18)19(21)22/h2-9,14H,10-13H2,1H3. The Morgan fingerprint density at radius 1 is 0.960 bits per heavy atom. The van der Waals surface area contributed by atoms with Crippen LogP contribution in [0.15, 0.2) is 59.7 Å². The zero-order valence-corrected chi connectivity index (χ0v) is 14.1. The summed E-state index contributed by atoms with van der Waals surface area (Å²) < 4.78 is 17.8. The van der Waals surface area contributed by atoms with Crippen molar-refractivity contribution in [2.45, 2.75) is 6.54 Å². The zero-order valence-electron chi connectivity index (χ0n) is 14.1. The van der Waals surface area contributed by atoms with Crippen molar-refractivity contribution in [1.82, 2.24) is 9.55 Å². The molecule has 6 heteroatoms. The van der Waals surface area contributed by atoms with Gasteiger partial charge in [-0.3, -0.25) is 9.36 Å². The lowest BCUT2D eigenvalue weighted by molar-refractivity contribution is 0.0938. The van der Waals surface area contributed by atoms with Crippen molar-refractivity contribution in [3.8, 4) is 11.5 Å². The molecular formula is C19H20N2O4. The molecule has 0 aliphatic heterocycles. The van der Waals surface area contributed by atoms with Crippen molar-refractivity contribution in [1.29, 1.82) is 0 Å². The summed E-state index contributed by atoms with van der Waals surface area (Å²) in [6.07, 6.45) is 1.56. The summed E-state index contributed by atoms with van der Waals surface area (Å²) in [4.78, 5) is 16.6. The van der Waals surface area contributed by atoms with Crippen LogP contribution in [0.5, 0.6) is 11.5 Å². The molecule has 0 saturated carbocycles. The average molecular weight is 340 g/mol. The van der Waals surface area contributed by atoms with E-state index in [1.54, 1.807) is 24.1 Å². The number of hydrogen-bond acceptors (Lipinski definition) is 5. The molecule has 130 valence electrons. The van der Waals surface area contributed by atoms with E-state index in [9.17, 15) is 4.79 Å². The van der Waals surface area contributed by atoms with E-state index >= 15 is 0 Å². The van der Waals surface area contributed by atoms with Crippen LogP contribution in [-0.4, -0.2) is 36.5 Å². The summed E-state index contributed by atoms with van der Waals surface area (Å²) in [7, 11) is 1.63. The summed E-state index contributed by atoms with van der Waals surface area (Å²) in [6.45, 7) is 1.77. The van der Waals surface area contributed by atoms with Gasteiger partial charge in [0, 0.05) is 0 Å². The number of para-hydroxylation sites is 1. The third-order valence-electron chi connectivity index (χ3n) is 3.76. The first-order valence-corrected chi connectivity index (χ1v) is 8.07. The fraction of sp³-hybridized carbons (Fsp3) is 0.263. The molecule has 0 amide bonds. The fourth-order valence-corrected chi connectivity index (χ4v) is 2.42. The molecule has 0 radical (unpaired) electrons. The van der Waals surface area contributed by atoms with Crippen LogP contribution in [0.4, 0.5) is 0 Å². The highest BCUT2D eigenvalue weighted by Crippen LogP contribution is 2.16. The Hall–Kier alpha value is -2.86. The van der Waals surface area contributed by atoms with E-state index in [1.807, 2.05) is 42.5 Å². The molecule has 2 aromatic carbocycles. The Morgan fingerprint density at radius 2 is 1.72 bits per heavy atom. The first-order chi connectivity index (χ1) is 12.3. The van der Waals surface area contributed by atoms with Crippen LogP contribution in [0.25, 0.3) is 10.9 Å². The van der Waals surface area contributed by atoms with Crippen molar-refractivity contribution in [2.24, 2.45) is 0 Å². The Balaban J connectivity index is 1.42. The number of methoxy groups -OCH3 is 1. The van der Waals surface area contributed by atoms with Crippen LogP contribution in [0.3, 0.4) is 0 Å². The summed E-state index contributed by atoms with van der Waals surface area (Å²) in [5, 5.41) is 0.618. The minimum absolute atomic E-state index is 0.0521. The van der Waals surface area contributed by atoms with E-state index < -0.39 is 0 Å². The zero-order chi connectivity index (χ0) is 17.5. The topological polar surface area (TPSA) is 62.6 Å². The molecule has 6 nitrogen and oxygen atoms in total. The van der Waals surface area contributed by atoms with Crippen molar-refractivity contribution >= 4 is 10.9 Å². The molecule has 3 rings (SSSR count). The lowest BCUT2D eigenvalue weighted by atomic mass is 10.2. The molecule has 1 heterocycles. The Morgan fingerprint density at radius 3 is 2.52 bits per heavy atom. The van der Waals surface area contributed by atoms with Crippen molar-refractivity contribution in [2.75, 3.05) is 26.9 Å². The van der Waals surface area contributed by atoms with Gasteiger partial charge in [0.2, 0.25) is 0 Å². The highest BCUT2D eigenvalue weighted by atomic mass is 16.5. The van der Waals surface area contributed by atoms with Crippen LogP contribution in [0.1, 0.15) is 0 Å². The van der Waals surface area contributed by atoms with Gasteiger partial charge in [-0.2, -0.15) is 0 Å². The van der Waals surface area contributed by atoms with Gasteiger partial charge in [0.15, 0.2) is 0 Å². The van der Waals surface area contributed by atoms with E-state index in [1.165, 1.54) is 0 Å². The fourth-order valence-electron chi connectivity index (χ4n) is 2.42. The molecule has 3 aromatic rings. The lowest BCUT2D eigenvalue weighted by Gasteiger charge is -2.09. The summed E-state index contributed by atoms with van der Waals surface area (Å²) in [5.74, 6) is 1.55. The number of fused-ring (bicyclic) bond motifs is 1. The molecule has 0 atom stereocenters. The maximum atomic E-state index is 12.3. The largest absolute Gasteiger partial charge is 0.497 e. The molecule has 0 N–H and O–H groups in total. The van der Waals surface area contributed by atoms with E-state index in [4.69, 9.17) is 14.2 Å². The first kappa shape index (κ1) is 17.0. The molecule has 0 saturated heterocycles. The first-order valence-electron chi connectivity index (χ1n) is 8.07. The minimum atomic E-state index is -0.0521. The number of aromatic nitrogens is 2. The Labute approximate surface area is 145 Å². The quantitative estimate of drug-likeness (QED) is 0.590. The highest BCUT2D eigenvalue weighted by Gasteiger charge is 2.03. The highest BCUT2D eigenvalue weighted by molar-refractivity contribution is 5.76.